The lowest BCUT2D eigenvalue weighted by atomic mass is 10.3. The minimum absolute atomic E-state index is 0.417. The van der Waals surface area contributed by atoms with Gasteiger partial charge in [0.1, 0.15) is 4.24 Å². The molecule has 0 amide bonds. The molecule has 7 nitrogen and oxygen atoms in total. The van der Waals surface area contributed by atoms with Crippen LogP contribution in [0, 0.1) is 0 Å². The minimum Gasteiger partial charge on any atom is -0.478 e. The van der Waals surface area contributed by atoms with Crippen molar-refractivity contribution in [2.75, 3.05) is 19.1 Å². The van der Waals surface area contributed by atoms with Gasteiger partial charge < -0.3 is 5.11 Å². The highest BCUT2D eigenvalue weighted by atomic mass is 32.3. The first kappa shape index (κ1) is 13.5. The van der Waals surface area contributed by atoms with Crippen LogP contribution in [0.4, 0.5) is 0 Å². The molecular formula is C6H9NO6S3. The quantitative estimate of drug-likeness (QED) is 0.680. The van der Waals surface area contributed by atoms with Gasteiger partial charge >= 0.3 is 5.97 Å². The second kappa shape index (κ2) is 4.02. The van der Waals surface area contributed by atoms with Crippen LogP contribution in [0.5, 0.6) is 0 Å². The maximum atomic E-state index is 11.3. The van der Waals surface area contributed by atoms with Gasteiger partial charge in [0.25, 0.3) is 0 Å². The normalized spacial score (nSPS) is 19.1. The fourth-order valence-corrected chi connectivity index (χ4v) is 4.33. The largest absolute Gasteiger partial charge is 0.478 e. The molecule has 1 aliphatic heterocycles. The monoisotopic (exact) mass is 287 g/mol. The van der Waals surface area contributed by atoms with E-state index in [1.165, 1.54) is 0 Å². The van der Waals surface area contributed by atoms with Crippen LogP contribution < -0.4 is 0 Å². The third kappa shape index (κ3) is 2.75. The smallest absolute Gasteiger partial charge is 0.334 e. The number of hydrogen-bond acceptors (Lipinski definition) is 6. The average Bonchev–Trinajstić information content (AvgIpc) is 2.44. The Hall–Kier alpha value is -0.580. The van der Waals surface area contributed by atoms with Gasteiger partial charge in [-0.3, -0.25) is 0 Å². The second-order valence-electron chi connectivity index (χ2n) is 3.16. The molecule has 0 unspecified atom stereocenters. The van der Waals surface area contributed by atoms with Gasteiger partial charge in [0.2, 0.25) is 10.0 Å². The number of rotatable bonds is 3. The number of hydrogen-bond donors (Lipinski definition) is 1. The Kier molecular flexibility index (Phi) is 3.39. The molecule has 1 N–H and O–H groups in total. The maximum Gasteiger partial charge on any atom is 0.334 e. The van der Waals surface area contributed by atoms with Crippen molar-refractivity contribution in [3.8, 4) is 0 Å². The molecule has 0 fully saturated rings. The first-order valence-electron chi connectivity index (χ1n) is 3.85. The summed E-state index contributed by atoms with van der Waals surface area (Å²) in [7, 11) is -7.37. The zero-order chi connectivity index (χ0) is 12.7. The Morgan fingerprint density at radius 2 is 1.81 bits per heavy atom. The summed E-state index contributed by atoms with van der Waals surface area (Å²) in [6.45, 7) is -0.443. The number of carboxylic acids is 1. The van der Waals surface area contributed by atoms with Gasteiger partial charge in [-0.25, -0.2) is 21.6 Å². The van der Waals surface area contributed by atoms with Crippen molar-refractivity contribution >= 4 is 37.8 Å². The zero-order valence-corrected chi connectivity index (χ0v) is 10.8. The summed E-state index contributed by atoms with van der Waals surface area (Å²) in [5, 5.41) is 8.77. The van der Waals surface area contributed by atoms with Gasteiger partial charge in [0.15, 0.2) is 9.84 Å². The van der Waals surface area contributed by atoms with Crippen molar-refractivity contribution in [1.29, 1.82) is 0 Å². The van der Waals surface area contributed by atoms with Crippen LogP contribution in [-0.4, -0.2) is 50.7 Å². The maximum absolute atomic E-state index is 11.3. The molecule has 0 aromatic heterocycles. The first-order chi connectivity index (χ1) is 7.03. The fraction of sp³-hybridized carbons (Fsp3) is 0.500. The highest BCUT2D eigenvalue weighted by Gasteiger charge is 2.37. The number of carboxylic acid groups (broad SMARTS) is 1. The second-order valence-corrected chi connectivity index (χ2v) is 8.54. The molecule has 10 heteroatoms. The van der Waals surface area contributed by atoms with Gasteiger partial charge in [-0.2, -0.15) is 0 Å². The van der Waals surface area contributed by atoms with Gasteiger partial charge in [-0.05, 0) is 11.9 Å². The van der Waals surface area contributed by atoms with Gasteiger partial charge in [-0.1, -0.05) is 0 Å². The number of nitrogens with zero attached hydrogens (tertiary/aromatic N) is 1. The molecule has 92 valence electrons. The minimum atomic E-state index is -3.73. The highest BCUT2D eigenvalue weighted by Crippen LogP contribution is 2.37. The number of aliphatic carboxylic acids is 1. The van der Waals surface area contributed by atoms with Crippen LogP contribution in [0.2, 0.25) is 0 Å². The van der Waals surface area contributed by atoms with Gasteiger partial charge in [0.05, 0.1) is 18.4 Å². The Balaban J connectivity index is 3.23. The van der Waals surface area contributed by atoms with Gasteiger partial charge in [-0.15, -0.1) is 3.71 Å². The van der Waals surface area contributed by atoms with Crippen LogP contribution in [-0.2, 0) is 24.7 Å². The van der Waals surface area contributed by atoms with Crippen molar-refractivity contribution in [1.82, 2.24) is 3.71 Å². The summed E-state index contributed by atoms with van der Waals surface area (Å²) in [5.74, 6) is -1.43. The Bertz CT molecular complexity index is 557. The molecule has 1 heterocycles. The molecule has 16 heavy (non-hydrogen) atoms. The molecular weight excluding hydrogens is 278 g/mol. The van der Waals surface area contributed by atoms with E-state index in [4.69, 9.17) is 5.11 Å². The Morgan fingerprint density at radius 1 is 1.31 bits per heavy atom. The van der Waals surface area contributed by atoms with E-state index in [1.807, 2.05) is 0 Å². The predicted molar refractivity (Wildman–Crippen MR) is 58.6 cm³/mol. The average molecular weight is 287 g/mol. The lowest BCUT2D eigenvalue weighted by Crippen LogP contribution is -2.23. The van der Waals surface area contributed by atoms with E-state index in [0.717, 1.165) is 16.2 Å². The molecule has 0 bridgehead atoms. The third-order valence-corrected chi connectivity index (χ3v) is 6.38. The third-order valence-electron chi connectivity index (χ3n) is 1.68. The van der Waals surface area contributed by atoms with E-state index in [9.17, 15) is 21.6 Å². The van der Waals surface area contributed by atoms with Crippen LogP contribution >= 0.6 is 11.9 Å². The summed E-state index contributed by atoms with van der Waals surface area (Å²) >= 11 is 0.417. The molecule has 0 atom stereocenters. The van der Waals surface area contributed by atoms with Crippen LogP contribution in [0.3, 0.4) is 0 Å². The fourth-order valence-electron chi connectivity index (χ4n) is 1.00. The molecule has 0 aliphatic carbocycles. The topological polar surface area (TPSA) is 109 Å². The summed E-state index contributed by atoms with van der Waals surface area (Å²) in [5.41, 5.74) is -0.419. The van der Waals surface area contributed by atoms with Crippen molar-refractivity contribution in [2.24, 2.45) is 0 Å². The van der Waals surface area contributed by atoms with E-state index >= 15 is 0 Å². The molecule has 0 aromatic carbocycles. The van der Waals surface area contributed by atoms with Crippen molar-refractivity contribution in [3.05, 3.63) is 9.81 Å². The van der Waals surface area contributed by atoms with E-state index in [0.29, 0.717) is 11.9 Å². The zero-order valence-electron chi connectivity index (χ0n) is 8.37. The van der Waals surface area contributed by atoms with E-state index in [-0.39, 0.29) is 0 Å². The first-order valence-corrected chi connectivity index (χ1v) is 8.37. The Labute approximate surface area is 97.2 Å². The van der Waals surface area contributed by atoms with Crippen LogP contribution in [0.25, 0.3) is 0 Å². The van der Waals surface area contributed by atoms with Crippen LogP contribution in [0.15, 0.2) is 9.81 Å². The van der Waals surface area contributed by atoms with Crippen LogP contribution in [0.1, 0.15) is 0 Å². The molecule has 0 spiro atoms. The summed E-state index contributed by atoms with van der Waals surface area (Å²) in [4.78, 5) is 10.8. The summed E-state index contributed by atoms with van der Waals surface area (Å²) < 4.78 is 45.1. The number of sulfonamides is 1. The lowest BCUT2D eigenvalue weighted by Gasteiger charge is -2.10. The van der Waals surface area contributed by atoms with Crippen molar-refractivity contribution < 1.29 is 26.7 Å². The predicted octanol–water partition coefficient (Wildman–Crippen LogP) is -0.749. The number of sulfone groups is 1. The summed E-state index contributed by atoms with van der Waals surface area (Å²) in [6, 6.07) is 0. The highest BCUT2D eigenvalue weighted by molar-refractivity contribution is 8.21. The van der Waals surface area contributed by atoms with Crippen molar-refractivity contribution in [3.63, 3.8) is 0 Å². The van der Waals surface area contributed by atoms with Crippen molar-refractivity contribution in [2.45, 2.75) is 0 Å². The molecule has 1 aliphatic rings. The lowest BCUT2D eigenvalue weighted by molar-refractivity contribution is -0.132. The van der Waals surface area contributed by atoms with E-state index in [1.54, 1.807) is 0 Å². The van der Waals surface area contributed by atoms with E-state index in [2.05, 4.69) is 0 Å². The van der Waals surface area contributed by atoms with Gasteiger partial charge in [0, 0.05) is 6.26 Å². The standard InChI is InChI=1S/C6H9NO6S3/c1-15(10,11)6-4(5(8)9)3-7(14-6)16(2,12)13/h3H2,1-2H3,(H,8,9). The number of carbonyl (C=O) groups is 1. The molecule has 0 radical (unpaired) electrons. The Morgan fingerprint density at radius 3 is 2.06 bits per heavy atom. The SMILES string of the molecule is CS(=O)(=O)C1=C(C(=O)O)CN(S(C)(=O)=O)S1. The molecule has 0 saturated heterocycles. The van der Waals surface area contributed by atoms with E-state index < -0.39 is 42.2 Å². The molecule has 1 rings (SSSR count). The summed E-state index contributed by atoms with van der Waals surface area (Å²) in [6.07, 6.45) is 1.72. The molecule has 0 saturated carbocycles. The molecule has 0 aromatic rings.